The first-order chi connectivity index (χ1) is 14.2. The van der Waals surface area contributed by atoms with Crippen LogP contribution in [0.25, 0.3) is 20.8 Å². The number of hydrogen-bond donors (Lipinski definition) is 1. The molecule has 0 radical (unpaired) electrons. The van der Waals surface area contributed by atoms with Gasteiger partial charge in [0.2, 0.25) is 0 Å². The van der Waals surface area contributed by atoms with Crippen LogP contribution in [0.15, 0.2) is 75.4 Å². The lowest BCUT2D eigenvalue weighted by Crippen LogP contribution is -2.07. The molecule has 0 fully saturated rings. The first kappa shape index (κ1) is 20.6. The first-order valence-corrected chi connectivity index (χ1v) is 12.1. The predicted molar refractivity (Wildman–Crippen MR) is 112 cm³/mol. The fourth-order valence-corrected chi connectivity index (χ4v) is 5.09. The largest absolute Gasteiger partial charge is 0.298 e. The molecule has 2 aromatic rings. The summed E-state index contributed by atoms with van der Waals surface area (Å²) in [6, 6.07) is 15.7. The molecule has 2 aromatic carbocycles. The van der Waals surface area contributed by atoms with Gasteiger partial charge in [-0.25, -0.2) is 9.98 Å². The Balaban J connectivity index is 1.96. The van der Waals surface area contributed by atoms with E-state index in [0.29, 0.717) is 5.36 Å². The van der Waals surface area contributed by atoms with Crippen molar-refractivity contribution < 1.29 is 25.6 Å². The van der Waals surface area contributed by atoms with E-state index in [2.05, 4.69) is 14.2 Å². The summed E-state index contributed by atoms with van der Waals surface area (Å²) in [7, 11) is -7.72. The summed E-state index contributed by atoms with van der Waals surface area (Å²) in [5, 5.41) is 0.385. The molecule has 154 valence electrons. The third kappa shape index (κ3) is 3.98. The van der Waals surface area contributed by atoms with Crippen molar-refractivity contribution in [2.45, 2.75) is 9.79 Å². The monoisotopic (exact) mass is 462 g/mol. The Morgan fingerprint density at radius 3 is 2.50 bits per heavy atom. The van der Waals surface area contributed by atoms with Crippen molar-refractivity contribution in [3.05, 3.63) is 66.0 Å². The molecule has 1 aliphatic carbocycles. The molecule has 0 aromatic heterocycles. The molecule has 1 heterocycles. The van der Waals surface area contributed by atoms with Crippen molar-refractivity contribution in [1.29, 1.82) is 0 Å². The summed E-state index contributed by atoms with van der Waals surface area (Å²) >= 11 is 1.50. The van der Waals surface area contributed by atoms with E-state index in [1.807, 2.05) is 24.3 Å². The van der Waals surface area contributed by atoms with Crippen LogP contribution in [0, 0.1) is 0 Å². The SMILES string of the molecule is COS(=O)(=O)c1ccc(S(=O)(=O)O)cc1N=c1ccc2nc3ccccc3sc-2c1. The minimum atomic E-state index is -4.55. The highest BCUT2D eigenvalue weighted by atomic mass is 32.2. The van der Waals surface area contributed by atoms with E-state index in [-0.39, 0.29) is 10.6 Å². The van der Waals surface area contributed by atoms with E-state index in [1.165, 1.54) is 11.3 Å². The molecule has 1 aliphatic heterocycles. The van der Waals surface area contributed by atoms with Crippen molar-refractivity contribution >= 4 is 47.5 Å². The number of rotatable bonds is 4. The number of benzene rings is 3. The second kappa shape index (κ2) is 7.52. The smallest absolute Gasteiger partial charge is 0.282 e. The van der Waals surface area contributed by atoms with E-state index in [4.69, 9.17) is 0 Å². The van der Waals surface area contributed by atoms with Gasteiger partial charge >= 0.3 is 0 Å². The maximum absolute atomic E-state index is 12.2. The lowest BCUT2D eigenvalue weighted by Gasteiger charge is -2.08. The quantitative estimate of drug-likeness (QED) is 0.281. The summed E-state index contributed by atoms with van der Waals surface area (Å²) in [5.74, 6) is 0. The topological polar surface area (TPSA) is 123 Å². The van der Waals surface area contributed by atoms with E-state index in [0.717, 1.165) is 46.1 Å². The highest BCUT2D eigenvalue weighted by Crippen LogP contribution is 2.31. The van der Waals surface area contributed by atoms with Gasteiger partial charge in [-0.05, 0) is 48.5 Å². The van der Waals surface area contributed by atoms with Crippen LogP contribution in [0.3, 0.4) is 0 Å². The van der Waals surface area contributed by atoms with Crippen molar-refractivity contribution in [3.8, 4) is 10.6 Å². The molecule has 11 heteroatoms. The summed E-state index contributed by atoms with van der Waals surface area (Å²) in [6.07, 6.45) is 0. The van der Waals surface area contributed by atoms with Gasteiger partial charge in [0, 0.05) is 0 Å². The molecule has 0 atom stereocenters. The van der Waals surface area contributed by atoms with Gasteiger partial charge in [-0.15, -0.1) is 11.3 Å². The van der Waals surface area contributed by atoms with Crippen molar-refractivity contribution in [2.24, 2.45) is 4.99 Å². The Labute approximate surface area is 176 Å². The molecule has 1 N–H and O–H groups in total. The summed E-state index contributed by atoms with van der Waals surface area (Å²) in [5.41, 5.74) is 1.42. The Morgan fingerprint density at radius 1 is 1.00 bits per heavy atom. The normalized spacial score (nSPS) is 13.2. The summed E-state index contributed by atoms with van der Waals surface area (Å²) in [6.45, 7) is 0. The minimum absolute atomic E-state index is 0.176. The highest BCUT2D eigenvalue weighted by Gasteiger charge is 2.21. The van der Waals surface area contributed by atoms with Gasteiger partial charge in [0.05, 0.1) is 43.8 Å². The molecule has 0 bridgehead atoms. The van der Waals surface area contributed by atoms with Crippen LogP contribution in [0.2, 0.25) is 0 Å². The van der Waals surface area contributed by atoms with Crippen molar-refractivity contribution in [1.82, 2.24) is 4.98 Å². The zero-order valence-corrected chi connectivity index (χ0v) is 17.8. The fourth-order valence-electron chi connectivity index (χ4n) is 2.82. The van der Waals surface area contributed by atoms with E-state index in [9.17, 15) is 21.4 Å². The molecule has 0 amide bonds. The zero-order chi connectivity index (χ0) is 21.5. The lowest BCUT2D eigenvalue weighted by molar-refractivity contribution is 0.398. The third-order valence-electron chi connectivity index (χ3n) is 4.24. The second-order valence-corrected chi connectivity index (χ2v) is 10.4. The number of fused-ring (bicyclic) bond motifs is 2. The van der Waals surface area contributed by atoms with Crippen LogP contribution in [0.5, 0.6) is 0 Å². The maximum atomic E-state index is 12.2. The Kier molecular flexibility index (Phi) is 5.16. The molecular weight excluding hydrogens is 448 g/mol. The predicted octanol–water partition coefficient (Wildman–Crippen LogP) is 3.22. The molecule has 4 rings (SSSR count). The van der Waals surface area contributed by atoms with Gasteiger partial charge in [-0.2, -0.15) is 16.8 Å². The average Bonchev–Trinajstić information content (AvgIpc) is 2.71. The number of para-hydroxylation sites is 1. The summed E-state index contributed by atoms with van der Waals surface area (Å²) in [4.78, 5) is 8.90. The fraction of sp³-hybridized carbons (Fsp3) is 0.0526. The Hall–Kier alpha value is -2.70. The molecule has 0 saturated carbocycles. The van der Waals surface area contributed by atoms with Crippen LogP contribution >= 0.6 is 11.3 Å². The Morgan fingerprint density at radius 2 is 1.77 bits per heavy atom. The molecule has 8 nitrogen and oxygen atoms in total. The van der Waals surface area contributed by atoms with Crippen molar-refractivity contribution in [2.75, 3.05) is 7.11 Å². The van der Waals surface area contributed by atoms with Crippen LogP contribution in [-0.2, 0) is 24.4 Å². The first-order valence-electron chi connectivity index (χ1n) is 8.44. The molecular formula is C19H14N2O6S3. The minimum Gasteiger partial charge on any atom is -0.282 e. The van der Waals surface area contributed by atoms with Gasteiger partial charge in [0.15, 0.2) is 0 Å². The van der Waals surface area contributed by atoms with E-state index < -0.39 is 25.1 Å². The third-order valence-corrected chi connectivity index (χ3v) is 7.52. The van der Waals surface area contributed by atoms with Gasteiger partial charge in [-0.3, -0.25) is 8.74 Å². The maximum Gasteiger partial charge on any atom is 0.298 e. The number of nitrogens with zero attached hydrogens (tertiary/aromatic N) is 2. The molecule has 0 saturated heterocycles. The number of aromatic nitrogens is 1. The van der Waals surface area contributed by atoms with Gasteiger partial charge in [0.1, 0.15) is 4.90 Å². The molecule has 0 spiro atoms. The summed E-state index contributed by atoms with van der Waals surface area (Å²) < 4.78 is 62.3. The molecule has 30 heavy (non-hydrogen) atoms. The highest BCUT2D eigenvalue weighted by molar-refractivity contribution is 7.87. The van der Waals surface area contributed by atoms with Gasteiger partial charge in [0.25, 0.3) is 20.2 Å². The molecule has 0 unspecified atom stereocenters. The van der Waals surface area contributed by atoms with Crippen LogP contribution in [0.4, 0.5) is 5.69 Å². The van der Waals surface area contributed by atoms with Crippen LogP contribution in [0.1, 0.15) is 0 Å². The standard InChI is InChI=1S/C19H14N2O6S3/c1-27-30(25,26)19-9-7-13(29(22,23)24)11-16(19)20-12-6-8-15-18(10-12)28-17-5-3-2-4-14(17)21-15/h2-11H,1H3,(H,22,23,24). The van der Waals surface area contributed by atoms with Gasteiger partial charge < -0.3 is 0 Å². The lowest BCUT2D eigenvalue weighted by atomic mass is 10.2. The number of hydrogen-bond acceptors (Lipinski definition) is 8. The van der Waals surface area contributed by atoms with Crippen molar-refractivity contribution in [3.63, 3.8) is 0 Å². The van der Waals surface area contributed by atoms with E-state index >= 15 is 0 Å². The van der Waals surface area contributed by atoms with Crippen LogP contribution in [-0.4, -0.2) is 33.5 Å². The van der Waals surface area contributed by atoms with E-state index in [1.54, 1.807) is 18.2 Å². The zero-order valence-electron chi connectivity index (χ0n) is 15.4. The molecule has 2 aliphatic rings. The average molecular weight is 463 g/mol. The second-order valence-electron chi connectivity index (χ2n) is 6.17. The van der Waals surface area contributed by atoms with Gasteiger partial charge in [-0.1, -0.05) is 12.1 Å². The van der Waals surface area contributed by atoms with Crippen LogP contribution < -0.4 is 5.36 Å². The Bertz CT molecular complexity index is 1530.